The first-order valence-electron chi connectivity index (χ1n) is 8.61. The van der Waals surface area contributed by atoms with Crippen LogP contribution in [-0.2, 0) is 4.79 Å². The molecule has 0 saturated carbocycles. The summed E-state index contributed by atoms with van der Waals surface area (Å²) in [5.41, 5.74) is 1.68. The Morgan fingerprint density at radius 3 is 2.64 bits per heavy atom. The first-order valence-corrected chi connectivity index (χ1v) is 10.8. The topological polar surface area (TPSA) is 71.1 Å². The van der Waals surface area contributed by atoms with Gasteiger partial charge in [0.1, 0.15) is 0 Å². The number of carbonyl (C=O) groups is 2. The number of nitrogens with one attached hydrogen (secondary N) is 2. The minimum atomic E-state index is -0.261. The van der Waals surface area contributed by atoms with Gasteiger partial charge in [0.25, 0.3) is 5.91 Å². The Balaban J connectivity index is 1.68. The number of nitrogens with zero attached hydrogens (tertiary/aromatic N) is 1. The van der Waals surface area contributed by atoms with Gasteiger partial charge < -0.3 is 10.6 Å². The first kappa shape index (κ1) is 20.6. The molecule has 8 heteroatoms. The van der Waals surface area contributed by atoms with Crippen molar-refractivity contribution >= 4 is 62.4 Å². The third kappa shape index (κ3) is 5.47. The Labute approximate surface area is 176 Å². The lowest BCUT2D eigenvalue weighted by Gasteiger charge is -2.19. The summed E-state index contributed by atoms with van der Waals surface area (Å²) in [6, 6.07) is 12.4. The number of fused-ring (bicyclic) bond motifs is 1. The number of anilines is 1. The number of thioether (sulfide) groups is 1. The third-order valence-electron chi connectivity index (χ3n) is 3.59. The van der Waals surface area contributed by atoms with E-state index in [1.807, 2.05) is 32.9 Å². The highest BCUT2D eigenvalue weighted by Gasteiger charge is 2.15. The fraction of sp³-hybridized carbons (Fsp3) is 0.250. The molecular weight excluding hydrogens is 414 g/mol. The summed E-state index contributed by atoms with van der Waals surface area (Å²) in [7, 11) is 0. The van der Waals surface area contributed by atoms with Crippen molar-refractivity contribution in [2.45, 2.75) is 30.6 Å². The molecule has 0 fully saturated rings. The Hall–Kier alpha value is -2.09. The number of aromatic nitrogens is 1. The maximum atomic E-state index is 12.4. The highest BCUT2D eigenvalue weighted by Crippen LogP contribution is 2.31. The zero-order valence-electron chi connectivity index (χ0n) is 15.7. The molecule has 0 aliphatic rings. The molecule has 5 nitrogen and oxygen atoms in total. The maximum Gasteiger partial charge on any atom is 0.257 e. The molecule has 2 amide bonds. The Morgan fingerprint density at radius 1 is 1.18 bits per heavy atom. The first-order chi connectivity index (χ1) is 13.2. The second-order valence-electron chi connectivity index (χ2n) is 7.18. The van der Waals surface area contributed by atoms with Crippen molar-refractivity contribution in [3.05, 3.63) is 53.1 Å². The van der Waals surface area contributed by atoms with Gasteiger partial charge in [0, 0.05) is 11.2 Å². The van der Waals surface area contributed by atoms with Gasteiger partial charge in [0.05, 0.1) is 26.6 Å². The van der Waals surface area contributed by atoms with Crippen LogP contribution in [-0.4, -0.2) is 28.1 Å². The lowest BCUT2D eigenvalue weighted by Crippen LogP contribution is -2.41. The average Bonchev–Trinajstić information content (AvgIpc) is 3.01. The van der Waals surface area contributed by atoms with E-state index in [1.54, 1.807) is 30.3 Å². The SMILES string of the molecule is CC(C)(C)NC(=O)CSc1nc2ccc(NC(=O)c3ccccc3Cl)cc2s1. The van der Waals surface area contributed by atoms with E-state index in [0.717, 1.165) is 14.6 Å². The van der Waals surface area contributed by atoms with Crippen molar-refractivity contribution in [3.63, 3.8) is 0 Å². The van der Waals surface area contributed by atoms with Crippen LogP contribution in [0.15, 0.2) is 46.8 Å². The molecule has 0 saturated heterocycles. The summed E-state index contributed by atoms with van der Waals surface area (Å²) in [5, 5.41) is 6.20. The zero-order valence-corrected chi connectivity index (χ0v) is 18.1. The highest BCUT2D eigenvalue weighted by molar-refractivity contribution is 8.01. The number of rotatable bonds is 5. The van der Waals surface area contributed by atoms with Crippen LogP contribution in [0.3, 0.4) is 0 Å². The van der Waals surface area contributed by atoms with Crippen LogP contribution in [0.1, 0.15) is 31.1 Å². The molecule has 1 aromatic heterocycles. The molecule has 3 rings (SSSR count). The fourth-order valence-electron chi connectivity index (χ4n) is 2.47. The van der Waals surface area contributed by atoms with Crippen LogP contribution in [0.2, 0.25) is 5.02 Å². The minimum Gasteiger partial charge on any atom is -0.351 e. The van der Waals surface area contributed by atoms with E-state index in [0.29, 0.717) is 22.0 Å². The van der Waals surface area contributed by atoms with E-state index >= 15 is 0 Å². The standard InChI is InChI=1S/C20H20ClN3O2S2/c1-20(2,3)24-17(25)11-27-19-23-15-9-8-12(10-16(15)28-19)22-18(26)13-6-4-5-7-14(13)21/h4-10H,11H2,1-3H3,(H,22,26)(H,24,25). The van der Waals surface area contributed by atoms with Crippen LogP contribution in [0.25, 0.3) is 10.2 Å². The fourth-order valence-corrected chi connectivity index (χ4v) is 4.60. The predicted molar refractivity (Wildman–Crippen MR) is 118 cm³/mol. The van der Waals surface area contributed by atoms with E-state index in [2.05, 4.69) is 15.6 Å². The van der Waals surface area contributed by atoms with Gasteiger partial charge >= 0.3 is 0 Å². The molecule has 2 aromatic carbocycles. The number of halogens is 1. The van der Waals surface area contributed by atoms with Crippen molar-refractivity contribution in [2.75, 3.05) is 11.1 Å². The lowest BCUT2D eigenvalue weighted by molar-refractivity contribution is -0.119. The van der Waals surface area contributed by atoms with Gasteiger partial charge in [-0.25, -0.2) is 4.98 Å². The second-order valence-corrected chi connectivity index (χ2v) is 9.84. The molecule has 0 aliphatic heterocycles. The van der Waals surface area contributed by atoms with Crippen molar-refractivity contribution in [1.82, 2.24) is 10.3 Å². The summed E-state index contributed by atoms with van der Waals surface area (Å²) in [5.74, 6) is 0.0278. The molecule has 0 unspecified atom stereocenters. The molecule has 3 aromatic rings. The van der Waals surface area contributed by atoms with E-state index < -0.39 is 0 Å². The van der Waals surface area contributed by atoms with Crippen LogP contribution >= 0.6 is 34.7 Å². The van der Waals surface area contributed by atoms with Crippen molar-refractivity contribution in [1.29, 1.82) is 0 Å². The molecule has 0 aliphatic carbocycles. The average molecular weight is 434 g/mol. The van der Waals surface area contributed by atoms with Crippen LogP contribution < -0.4 is 10.6 Å². The molecule has 1 heterocycles. The zero-order chi connectivity index (χ0) is 20.3. The lowest BCUT2D eigenvalue weighted by atomic mass is 10.1. The molecule has 0 bridgehead atoms. The summed E-state index contributed by atoms with van der Waals surface area (Å²) in [4.78, 5) is 28.9. The molecule has 28 heavy (non-hydrogen) atoms. The smallest absolute Gasteiger partial charge is 0.257 e. The van der Waals surface area contributed by atoms with Crippen LogP contribution in [0, 0.1) is 0 Å². The number of benzene rings is 2. The van der Waals surface area contributed by atoms with Gasteiger partial charge in [0.2, 0.25) is 5.91 Å². The van der Waals surface area contributed by atoms with Gasteiger partial charge in [0.15, 0.2) is 4.34 Å². The monoisotopic (exact) mass is 433 g/mol. The molecule has 0 spiro atoms. The summed E-state index contributed by atoms with van der Waals surface area (Å²) in [6.07, 6.45) is 0. The summed E-state index contributed by atoms with van der Waals surface area (Å²) >= 11 is 8.98. The van der Waals surface area contributed by atoms with E-state index in [-0.39, 0.29) is 17.4 Å². The maximum absolute atomic E-state index is 12.4. The molecule has 0 radical (unpaired) electrons. The number of hydrogen-bond acceptors (Lipinski definition) is 5. The number of amides is 2. The minimum absolute atomic E-state index is 0.0237. The number of carbonyl (C=O) groups excluding carboxylic acids is 2. The molecule has 2 N–H and O–H groups in total. The highest BCUT2D eigenvalue weighted by atomic mass is 35.5. The quantitative estimate of drug-likeness (QED) is 0.542. The molecular formula is C20H20ClN3O2S2. The van der Waals surface area contributed by atoms with Crippen molar-refractivity contribution in [3.8, 4) is 0 Å². The number of hydrogen-bond donors (Lipinski definition) is 2. The summed E-state index contributed by atoms with van der Waals surface area (Å²) < 4.78 is 1.75. The van der Waals surface area contributed by atoms with Gasteiger partial charge in [-0.15, -0.1) is 11.3 Å². The van der Waals surface area contributed by atoms with Crippen molar-refractivity contribution in [2.24, 2.45) is 0 Å². The largest absolute Gasteiger partial charge is 0.351 e. The summed E-state index contributed by atoms with van der Waals surface area (Å²) in [6.45, 7) is 5.85. The Bertz CT molecular complexity index is 1030. The van der Waals surface area contributed by atoms with E-state index in [1.165, 1.54) is 23.1 Å². The van der Waals surface area contributed by atoms with Crippen molar-refractivity contribution < 1.29 is 9.59 Å². The Kier molecular flexibility index (Phi) is 6.27. The third-order valence-corrected chi connectivity index (χ3v) is 6.08. The van der Waals surface area contributed by atoms with Crippen LogP contribution in [0.4, 0.5) is 5.69 Å². The van der Waals surface area contributed by atoms with Gasteiger partial charge in [-0.2, -0.15) is 0 Å². The van der Waals surface area contributed by atoms with Crippen LogP contribution in [0.5, 0.6) is 0 Å². The normalized spacial score (nSPS) is 11.4. The van der Waals surface area contributed by atoms with Gasteiger partial charge in [-0.3, -0.25) is 9.59 Å². The van der Waals surface area contributed by atoms with E-state index in [4.69, 9.17) is 11.6 Å². The Morgan fingerprint density at radius 2 is 1.93 bits per heavy atom. The molecule has 0 atom stereocenters. The second kappa shape index (κ2) is 8.51. The van der Waals surface area contributed by atoms with E-state index in [9.17, 15) is 9.59 Å². The molecule has 146 valence electrons. The predicted octanol–water partition coefficient (Wildman–Crippen LogP) is 5.21. The number of thiazole rings is 1. The van der Waals surface area contributed by atoms with Gasteiger partial charge in [-0.1, -0.05) is 35.5 Å². The van der Waals surface area contributed by atoms with Gasteiger partial charge in [-0.05, 0) is 51.1 Å².